The van der Waals surface area contributed by atoms with Gasteiger partial charge in [0.05, 0.1) is 5.71 Å². The Balaban J connectivity index is 1.02. The first-order chi connectivity index (χ1) is 17.1. The quantitative estimate of drug-likeness (QED) is 0.404. The molecule has 0 aromatic heterocycles. The van der Waals surface area contributed by atoms with Gasteiger partial charge in [0.25, 0.3) is 0 Å². The van der Waals surface area contributed by atoms with Gasteiger partial charge in [-0.25, -0.2) is 4.99 Å². The van der Waals surface area contributed by atoms with Gasteiger partial charge in [0.2, 0.25) is 23.7 Å². The number of rotatable bonds is 8. The topological polar surface area (TPSA) is 71.4 Å². The highest BCUT2D eigenvalue weighted by Gasteiger charge is 2.38. The monoisotopic (exact) mass is 493 g/mol. The third-order valence-corrected chi connectivity index (χ3v) is 7.49. The van der Waals surface area contributed by atoms with Crippen LogP contribution in [0.15, 0.2) is 59.0 Å². The Bertz CT molecular complexity index is 1070. The second-order valence-electron chi connectivity index (χ2n) is 9.56. The molecule has 0 saturated carbocycles. The molecule has 7 nitrogen and oxygen atoms in total. The van der Waals surface area contributed by atoms with Crippen LogP contribution in [0.4, 0.5) is 0 Å². The van der Waals surface area contributed by atoms with Gasteiger partial charge in [-0.1, -0.05) is 36.8 Å². The third kappa shape index (κ3) is 5.48. The minimum Gasteiger partial charge on any atom is -0.454 e. The maximum absolute atomic E-state index is 13.0. The van der Waals surface area contributed by atoms with Crippen LogP contribution in [0.25, 0.3) is 0 Å². The van der Waals surface area contributed by atoms with Gasteiger partial charge in [0, 0.05) is 32.1 Å². The molecule has 0 N–H and O–H groups in total. The average Bonchev–Trinajstić information content (AvgIpc) is 3.33. The second-order valence-corrected chi connectivity index (χ2v) is 9.92. The van der Waals surface area contributed by atoms with Crippen molar-refractivity contribution in [1.82, 2.24) is 9.80 Å². The number of ether oxygens (including phenoxy) is 2. The van der Waals surface area contributed by atoms with Crippen molar-refractivity contribution in [2.45, 2.75) is 44.9 Å². The predicted octanol–water partition coefficient (Wildman–Crippen LogP) is 4.00. The molecule has 184 valence electrons. The maximum atomic E-state index is 13.0. The lowest BCUT2D eigenvalue weighted by atomic mass is 9.90. The molecule has 2 amide bonds. The van der Waals surface area contributed by atoms with E-state index in [1.54, 1.807) is 17.1 Å². The number of amides is 2. The molecule has 3 heterocycles. The second kappa shape index (κ2) is 10.7. The first-order valence-corrected chi connectivity index (χ1v) is 12.9. The van der Waals surface area contributed by atoms with Crippen LogP contribution < -0.4 is 0 Å². The molecule has 0 spiro atoms. The van der Waals surface area contributed by atoms with Crippen LogP contribution in [0.3, 0.4) is 0 Å². The van der Waals surface area contributed by atoms with Crippen LogP contribution in [0.5, 0.6) is 0 Å². The van der Waals surface area contributed by atoms with Crippen LogP contribution in [0, 0.1) is 11.8 Å². The number of hydrogen-bond acceptors (Lipinski definition) is 5. The number of hydrogen-bond donors (Lipinski definition) is 0. The van der Waals surface area contributed by atoms with Crippen molar-refractivity contribution in [3.05, 3.63) is 59.6 Å². The molecular formula is C27H31N3O4S. The molecule has 8 heteroatoms. The van der Waals surface area contributed by atoms with Crippen LogP contribution in [0.1, 0.15) is 44.1 Å². The Morgan fingerprint density at radius 3 is 2.63 bits per heavy atom. The molecule has 1 aliphatic carbocycles. The number of carbonyl (C=O) groups excluding carboxylic acids is 2. The van der Waals surface area contributed by atoms with Gasteiger partial charge in [0.1, 0.15) is 5.92 Å². The van der Waals surface area contributed by atoms with E-state index in [0.29, 0.717) is 41.2 Å². The highest BCUT2D eigenvalue weighted by atomic mass is 32.1. The molecule has 1 unspecified atom stereocenters. The molecule has 4 aliphatic rings. The zero-order valence-electron chi connectivity index (χ0n) is 19.9. The van der Waals surface area contributed by atoms with Gasteiger partial charge < -0.3 is 14.4 Å². The number of likely N-dealkylation sites (tertiary alicyclic amines) is 1. The number of unbranched alkanes of at least 4 members (excludes halogenated alkanes) is 2. The zero-order chi connectivity index (χ0) is 24.2. The van der Waals surface area contributed by atoms with Crippen molar-refractivity contribution in [1.29, 1.82) is 0 Å². The van der Waals surface area contributed by atoms with Crippen LogP contribution in [0.2, 0.25) is 0 Å². The highest BCUT2D eigenvalue weighted by molar-refractivity contribution is 7.80. The first kappa shape index (κ1) is 23.7. The SMILES string of the molecule is O=C(CCCCCN1C(=O)C2C=C3OCOC3=CC2=NC1=S)N1CCC(Cc2ccccc2)CC1. The lowest BCUT2D eigenvalue weighted by Crippen LogP contribution is -2.46. The molecule has 35 heavy (non-hydrogen) atoms. The van der Waals surface area contributed by atoms with E-state index in [0.717, 1.165) is 51.6 Å². The molecule has 0 radical (unpaired) electrons. The number of carbonyl (C=O) groups is 2. The Labute approximate surface area is 211 Å². The summed E-state index contributed by atoms with van der Waals surface area (Å²) in [5.74, 6) is 1.55. The highest BCUT2D eigenvalue weighted by Crippen LogP contribution is 2.31. The number of nitrogens with zero attached hydrogens (tertiary/aromatic N) is 3. The summed E-state index contributed by atoms with van der Waals surface area (Å²) in [5, 5.41) is 0.295. The molecule has 0 bridgehead atoms. The summed E-state index contributed by atoms with van der Waals surface area (Å²) in [4.78, 5) is 33.7. The summed E-state index contributed by atoms with van der Waals surface area (Å²) in [7, 11) is 0. The normalized spacial score (nSPS) is 21.9. The number of piperidine rings is 1. The van der Waals surface area contributed by atoms with Gasteiger partial charge in [-0.3, -0.25) is 14.5 Å². The summed E-state index contributed by atoms with van der Waals surface area (Å²) in [6, 6.07) is 10.6. The van der Waals surface area contributed by atoms with Crippen molar-refractivity contribution >= 4 is 34.9 Å². The summed E-state index contributed by atoms with van der Waals surface area (Å²) in [6.07, 6.45) is 9.78. The lowest BCUT2D eigenvalue weighted by Gasteiger charge is -2.32. The molecule has 2 fully saturated rings. The molecule has 1 aromatic rings. The lowest BCUT2D eigenvalue weighted by molar-refractivity contribution is -0.133. The van der Waals surface area contributed by atoms with E-state index in [4.69, 9.17) is 21.7 Å². The van der Waals surface area contributed by atoms with E-state index >= 15 is 0 Å². The molecule has 5 rings (SSSR count). The van der Waals surface area contributed by atoms with Crippen molar-refractivity contribution in [3.8, 4) is 0 Å². The number of benzene rings is 1. The van der Waals surface area contributed by atoms with Gasteiger partial charge in [-0.15, -0.1) is 0 Å². The number of aliphatic imine (C=N–C) groups is 1. The van der Waals surface area contributed by atoms with Crippen LogP contribution >= 0.6 is 12.2 Å². The molecule has 2 saturated heterocycles. The summed E-state index contributed by atoms with van der Waals surface area (Å²) in [5.41, 5.74) is 1.99. The molecule has 1 aromatic carbocycles. The number of allylic oxidation sites excluding steroid dienone is 1. The van der Waals surface area contributed by atoms with Gasteiger partial charge >= 0.3 is 0 Å². The van der Waals surface area contributed by atoms with Crippen molar-refractivity contribution < 1.29 is 19.1 Å². The van der Waals surface area contributed by atoms with Gasteiger partial charge in [-0.2, -0.15) is 0 Å². The fourth-order valence-electron chi connectivity index (χ4n) is 5.16. The number of thiocarbonyl (C=S) groups is 1. The molecule has 1 atom stereocenters. The fourth-order valence-corrected chi connectivity index (χ4v) is 5.44. The van der Waals surface area contributed by atoms with Crippen molar-refractivity contribution in [2.24, 2.45) is 16.8 Å². The predicted molar refractivity (Wildman–Crippen MR) is 136 cm³/mol. The smallest absolute Gasteiger partial charge is 0.241 e. The summed E-state index contributed by atoms with van der Waals surface area (Å²) >= 11 is 5.38. The Kier molecular flexibility index (Phi) is 7.27. The third-order valence-electron chi connectivity index (χ3n) is 7.18. The van der Waals surface area contributed by atoms with E-state index in [1.807, 2.05) is 4.90 Å². The van der Waals surface area contributed by atoms with E-state index < -0.39 is 5.92 Å². The van der Waals surface area contributed by atoms with E-state index in [9.17, 15) is 9.59 Å². The zero-order valence-corrected chi connectivity index (χ0v) is 20.7. The molecule has 3 aliphatic heterocycles. The van der Waals surface area contributed by atoms with Crippen molar-refractivity contribution in [3.63, 3.8) is 0 Å². The summed E-state index contributed by atoms with van der Waals surface area (Å²) in [6.45, 7) is 2.38. The fraction of sp³-hybridized carbons (Fsp3) is 0.481. The summed E-state index contributed by atoms with van der Waals surface area (Å²) < 4.78 is 10.8. The van der Waals surface area contributed by atoms with Gasteiger partial charge in [0.15, 0.2) is 11.5 Å². The number of fused-ring (bicyclic) bond motifs is 2. The van der Waals surface area contributed by atoms with Crippen LogP contribution in [-0.4, -0.2) is 58.9 Å². The Morgan fingerprint density at radius 1 is 1.06 bits per heavy atom. The molecular weight excluding hydrogens is 462 g/mol. The van der Waals surface area contributed by atoms with Gasteiger partial charge in [-0.05, 0) is 61.9 Å². The van der Waals surface area contributed by atoms with E-state index in [1.165, 1.54) is 5.56 Å². The largest absolute Gasteiger partial charge is 0.454 e. The minimum atomic E-state index is -0.478. The first-order valence-electron chi connectivity index (χ1n) is 12.5. The Morgan fingerprint density at radius 2 is 1.83 bits per heavy atom. The standard InChI is InChI=1S/C27H31N3O4S/c31-25(29-13-10-20(11-14-29)15-19-7-3-1-4-8-19)9-5-2-6-12-30-26(32)21-16-23-24(34-18-33-23)17-22(21)28-27(30)35/h1,3-4,7-8,16-17,20-21H,2,5-6,9-15,18H2. The van der Waals surface area contributed by atoms with E-state index in [2.05, 4.69) is 35.3 Å². The van der Waals surface area contributed by atoms with Crippen molar-refractivity contribution in [2.75, 3.05) is 26.4 Å². The van der Waals surface area contributed by atoms with E-state index in [-0.39, 0.29) is 18.6 Å². The van der Waals surface area contributed by atoms with Crippen LogP contribution in [-0.2, 0) is 25.5 Å². The maximum Gasteiger partial charge on any atom is 0.241 e. The average molecular weight is 494 g/mol. The minimum absolute atomic E-state index is 0.0762. The Hall–Kier alpha value is -3.00.